The highest BCUT2D eigenvalue weighted by atomic mass is 32.1. The molecule has 17 aromatic rings. The summed E-state index contributed by atoms with van der Waals surface area (Å²) < 4.78 is 9.42. The summed E-state index contributed by atoms with van der Waals surface area (Å²) in [7, 11) is 0. The maximum Gasteiger partial charge on any atom is 0.220 e. The average Bonchev–Trinajstić information content (AvgIpc) is 1.83. The van der Waals surface area contributed by atoms with Gasteiger partial charge in [0.2, 0.25) is 5.69 Å². The number of aromatic nitrogens is 2. The Hall–Kier alpha value is -11.1. The van der Waals surface area contributed by atoms with Crippen molar-refractivity contribution < 1.29 is 0 Å². The van der Waals surface area contributed by atoms with Gasteiger partial charge in [0.1, 0.15) is 6.07 Å². The Kier molecular flexibility index (Phi) is 11.4. The van der Waals surface area contributed by atoms with Crippen LogP contribution in [0.2, 0.25) is 0 Å². The Labute approximate surface area is 503 Å². The van der Waals surface area contributed by atoms with Crippen LogP contribution in [0.25, 0.3) is 167 Å². The Morgan fingerprint density at radius 3 is 1.24 bits per heavy atom. The van der Waals surface area contributed by atoms with Gasteiger partial charge in [-0.3, -0.25) is 0 Å². The van der Waals surface area contributed by atoms with Crippen molar-refractivity contribution in [2.75, 3.05) is 0 Å². The first-order valence-corrected chi connectivity index (χ1v) is 30.5. The minimum atomic E-state index is 0.396. The van der Waals surface area contributed by atoms with E-state index in [-0.39, 0.29) is 0 Å². The van der Waals surface area contributed by atoms with Crippen molar-refractivity contribution in [3.05, 3.63) is 296 Å². The molecule has 0 saturated carbocycles. The van der Waals surface area contributed by atoms with E-state index in [4.69, 9.17) is 4.85 Å². The van der Waals surface area contributed by atoms with Crippen LogP contribution in [0.4, 0.5) is 5.69 Å². The standard InChI is InChI=1S/C80H46N4S2/c1-82-74-72(53-30-16-6-17-31-53)67(48-81)75(73(54-32-18-7-19-33-54)78(74)83-68-35-21-20-34-57(68)64-46-62(51-26-12-4-13-27-51)63(47-69(64)83)52-28-14-5-15-29-52)84-76-58(38-40-60-65-44-55(49-22-8-2-9-23-49)36-42-70(65)85-79(60)76)59-39-41-61-66-45-56(50-24-10-3-11-25-50)37-43-71(66)86-80(61)77(59)84/h2-47H. The average molecular weight is 1130 g/mol. The predicted octanol–water partition coefficient (Wildman–Crippen LogP) is 23.0. The van der Waals surface area contributed by atoms with Crippen molar-refractivity contribution in [1.82, 2.24) is 9.13 Å². The third-order valence-electron chi connectivity index (χ3n) is 17.4. The molecule has 0 atom stereocenters. The molecular weight excluding hydrogens is 1080 g/mol. The summed E-state index contributed by atoms with van der Waals surface area (Å²) in [5.74, 6) is 0. The van der Waals surface area contributed by atoms with Crippen molar-refractivity contribution in [3.8, 4) is 84.2 Å². The van der Waals surface area contributed by atoms with Crippen LogP contribution in [0.1, 0.15) is 5.56 Å². The van der Waals surface area contributed by atoms with Crippen molar-refractivity contribution in [1.29, 1.82) is 5.26 Å². The van der Waals surface area contributed by atoms with Crippen LogP contribution in [-0.2, 0) is 0 Å². The number of nitrogens with zero attached hydrogens (tertiary/aromatic N) is 4. The highest BCUT2D eigenvalue weighted by Gasteiger charge is 2.33. The lowest BCUT2D eigenvalue weighted by atomic mass is 9.88. The second-order valence-corrected chi connectivity index (χ2v) is 24.1. The van der Waals surface area contributed by atoms with Crippen LogP contribution in [-0.4, -0.2) is 9.13 Å². The second-order valence-electron chi connectivity index (χ2n) is 22.0. The Bertz CT molecular complexity index is 5520. The number of hydrogen-bond donors (Lipinski definition) is 0. The molecule has 6 heteroatoms. The molecule has 4 aromatic heterocycles. The van der Waals surface area contributed by atoms with Gasteiger partial charge in [-0.05, 0) is 98.1 Å². The third-order valence-corrected chi connectivity index (χ3v) is 19.8. The van der Waals surface area contributed by atoms with E-state index in [0.29, 0.717) is 22.5 Å². The number of thiophene rings is 2. The molecule has 0 fully saturated rings. The summed E-state index contributed by atoms with van der Waals surface area (Å²) >= 11 is 3.61. The minimum absolute atomic E-state index is 0.396. The summed E-state index contributed by atoms with van der Waals surface area (Å²) in [5.41, 5.74) is 18.3. The molecule has 0 aliphatic heterocycles. The number of nitriles is 1. The van der Waals surface area contributed by atoms with E-state index in [1.54, 1.807) is 22.7 Å². The van der Waals surface area contributed by atoms with Gasteiger partial charge in [-0.25, -0.2) is 4.85 Å². The molecule has 17 rings (SSSR count). The first-order valence-electron chi connectivity index (χ1n) is 28.8. The molecule has 86 heavy (non-hydrogen) atoms. The molecule has 0 bridgehead atoms. The van der Waals surface area contributed by atoms with Crippen LogP contribution in [0.15, 0.2) is 279 Å². The van der Waals surface area contributed by atoms with Crippen LogP contribution < -0.4 is 0 Å². The van der Waals surface area contributed by atoms with Gasteiger partial charge in [-0.1, -0.05) is 237 Å². The van der Waals surface area contributed by atoms with E-state index in [2.05, 4.69) is 276 Å². The van der Waals surface area contributed by atoms with Gasteiger partial charge in [0, 0.05) is 63.6 Å². The van der Waals surface area contributed by atoms with E-state index in [9.17, 15) is 11.8 Å². The van der Waals surface area contributed by atoms with Gasteiger partial charge in [0.25, 0.3) is 0 Å². The number of benzene rings is 13. The third kappa shape index (κ3) is 7.51. The first-order chi connectivity index (χ1) is 42.6. The van der Waals surface area contributed by atoms with Crippen LogP contribution in [0, 0.1) is 17.9 Å². The van der Waals surface area contributed by atoms with E-state index in [0.717, 1.165) is 131 Å². The molecule has 0 aliphatic carbocycles. The summed E-state index contributed by atoms with van der Waals surface area (Å²) in [6, 6.07) is 102. The maximum absolute atomic E-state index is 12.5. The molecule has 398 valence electrons. The van der Waals surface area contributed by atoms with Crippen molar-refractivity contribution in [2.45, 2.75) is 0 Å². The Morgan fingerprint density at radius 1 is 0.326 bits per heavy atom. The quantitative estimate of drug-likeness (QED) is 0.140. The highest BCUT2D eigenvalue weighted by Crippen LogP contribution is 2.55. The van der Waals surface area contributed by atoms with Crippen molar-refractivity contribution >= 4 is 112 Å². The van der Waals surface area contributed by atoms with Gasteiger partial charge < -0.3 is 9.13 Å². The zero-order valence-electron chi connectivity index (χ0n) is 46.2. The van der Waals surface area contributed by atoms with Crippen molar-refractivity contribution in [2.24, 2.45) is 0 Å². The van der Waals surface area contributed by atoms with Gasteiger partial charge in [0.05, 0.1) is 55.0 Å². The molecule has 0 unspecified atom stereocenters. The fourth-order valence-electron chi connectivity index (χ4n) is 13.6. The molecule has 0 spiro atoms. The largest absolute Gasteiger partial charge is 0.318 e. The Balaban J connectivity index is 1.11. The lowest BCUT2D eigenvalue weighted by molar-refractivity contribution is 1.14. The smallest absolute Gasteiger partial charge is 0.220 e. The zero-order valence-corrected chi connectivity index (χ0v) is 47.8. The van der Waals surface area contributed by atoms with Gasteiger partial charge in [-0.15, -0.1) is 22.7 Å². The molecule has 13 aromatic carbocycles. The van der Waals surface area contributed by atoms with Crippen LogP contribution in [0.3, 0.4) is 0 Å². The molecule has 0 aliphatic rings. The fraction of sp³-hybridized carbons (Fsp3) is 0. The second kappa shape index (κ2) is 19.8. The molecule has 4 heterocycles. The van der Waals surface area contributed by atoms with Crippen LogP contribution in [0.5, 0.6) is 0 Å². The van der Waals surface area contributed by atoms with E-state index < -0.39 is 0 Å². The SMILES string of the molecule is [C-]#[N+]c1c(-c2ccccc2)c(C#N)c(-n2c3c(ccc4c5cc(-c6ccccc6)ccc5sc43)c3ccc4c5cc(-c6ccccc6)ccc5sc4c32)c(-c2ccccc2)c1-n1c2ccccc2c2cc(-c3ccccc3)c(-c3ccccc3)cc21. The normalized spacial score (nSPS) is 11.7. The Morgan fingerprint density at radius 2 is 0.756 bits per heavy atom. The van der Waals surface area contributed by atoms with E-state index >= 15 is 0 Å². The number of hydrogen-bond acceptors (Lipinski definition) is 3. The van der Waals surface area contributed by atoms with Gasteiger partial charge in [-0.2, -0.15) is 5.26 Å². The molecule has 0 N–H and O–H groups in total. The number of rotatable bonds is 8. The van der Waals surface area contributed by atoms with E-state index in [1.165, 1.54) is 20.2 Å². The molecule has 0 radical (unpaired) electrons. The molecular formula is C80H46N4S2. The topological polar surface area (TPSA) is 38.0 Å². The summed E-state index contributed by atoms with van der Waals surface area (Å²) in [4.78, 5) is 4.70. The fourth-order valence-corrected chi connectivity index (χ4v) is 16.0. The number of fused-ring (bicyclic) bond motifs is 14. The summed E-state index contributed by atoms with van der Waals surface area (Å²) in [6.07, 6.45) is 0. The van der Waals surface area contributed by atoms with E-state index in [1.807, 2.05) is 18.2 Å². The lowest BCUT2D eigenvalue weighted by Gasteiger charge is -2.26. The zero-order chi connectivity index (χ0) is 57.0. The first kappa shape index (κ1) is 49.5. The molecule has 0 amide bonds. The minimum Gasteiger partial charge on any atom is -0.318 e. The van der Waals surface area contributed by atoms with Gasteiger partial charge in [0.15, 0.2) is 0 Å². The van der Waals surface area contributed by atoms with Crippen molar-refractivity contribution in [3.63, 3.8) is 0 Å². The highest BCUT2D eigenvalue weighted by molar-refractivity contribution is 7.27. The van der Waals surface area contributed by atoms with Gasteiger partial charge >= 0.3 is 0 Å². The summed E-state index contributed by atoms with van der Waals surface area (Å²) in [6.45, 7) is 9.65. The summed E-state index contributed by atoms with van der Waals surface area (Å²) in [5, 5.41) is 21.5. The van der Waals surface area contributed by atoms with Crippen LogP contribution >= 0.6 is 22.7 Å². The molecule has 0 saturated heterocycles. The predicted molar refractivity (Wildman–Crippen MR) is 364 cm³/mol. The maximum atomic E-state index is 12.5. The monoisotopic (exact) mass is 1130 g/mol. The molecule has 4 nitrogen and oxygen atoms in total. The lowest BCUT2D eigenvalue weighted by Crippen LogP contribution is -2.09. The number of para-hydroxylation sites is 1.